The van der Waals surface area contributed by atoms with Crippen molar-refractivity contribution in [3.8, 4) is 0 Å². The van der Waals surface area contributed by atoms with Gasteiger partial charge in [0.1, 0.15) is 11.9 Å². The van der Waals surface area contributed by atoms with Crippen molar-refractivity contribution in [1.29, 1.82) is 0 Å². The summed E-state index contributed by atoms with van der Waals surface area (Å²) in [6.07, 6.45) is 5.49. The maximum Gasteiger partial charge on any atom is 0.239 e. The first-order chi connectivity index (χ1) is 17.6. The van der Waals surface area contributed by atoms with Crippen LogP contribution in [0.1, 0.15) is 37.8 Å². The number of nitrogens with one attached hydrogen (secondary N) is 1. The fourth-order valence-corrected chi connectivity index (χ4v) is 6.47. The molecule has 9 nitrogen and oxygen atoms in total. The Morgan fingerprint density at radius 2 is 1.84 bits per heavy atom. The average Bonchev–Trinajstić information content (AvgIpc) is 2.84. The van der Waals surface area contributed by atoms with Crippen molar-refractivity contribution in [1.82, 2.24) is 14.8 Å². The molecule has 3 heterocycles. The number of amides is 1. The summed E-state index contributed by atoms with van der Waals surface area (Å²) in [6.45, 7) is 6.21. The Balaban J connectivity index is 1.39. The van der Waals surface area contributed by atoms with E-state index in [-0.39, 0.29) is 5.91 Å². The van der Waals surface area contributed by atoms with Crippen LogP contribution in [0.2, 0.25) is 10.0 Å². The second-order valence-electron chi connectivity index (χ2n) is 9.77. The summed E-state index contributed by atoms with van der Waals surface area (Å²) >= 11 is 12.5. The molecule has 37 heavy (non-hydrogen) atoms. The van der Waals surface area contributed by atoms with Crippen molar-refractivity contribution in [3.05, 3.63) is 52.1 Å². The van der Waals surface area contributed by atoms with Crippen LogP contribution >= 0.6 is 23.2 Å². The summed E-state index contributed by atoms with van der Waals surface area (Å²) in [4.78, 5) is 23.7. The summed E-state index contributed by atoms with van der Waals surface area (Å²) in [5, 5.41) is 1.05. The quantitative estimate of drug-likeness (QED) is 0.502. The number of piperidine rings is 1. The summed E-state index contributed by atoms with van der Waals surface area (Å²) in [7, 11) is -3.40. The number of halogens is 2. The Morgan fingerprint density at radius 1 is 1.16 bits per heavy atom. The van der Waals surface area contributed by atoms with E-state index in [0.29, 0.717) is 33.6 Å². The average molecular weight is 570 g/mol. The van der Waals surface area contributed by atoms with Gasteiger partial charge in [-0.05, 0) is 43.0 Å². The van der Waals surface area contributed by atoms with Gasteiger partial charge in [0.15, 0.2) is 0 Å². The molecule has 0 bridgehead atoms. The second-order valence-corrected chi connectivity index (χ2v) is 12.4. The minimum Gasteiger partial charge on any atom is -0.368 e. The number of primary amides is 1. The number of nitrogens with zero attached hydrogens (tertiary/aromatic N) is 4. The number of carbonyl (C=O) groups is 1. The molecule has 3 N–H and O–H groups in total. The van der Waals surface area contributed by atoms with E-state index < -0.39 is 16.1 Å². The smallest absolute Gasteiger partial charge is 0.239 e. The number of nitrogens with two attached hydrogens (primary N) is 1. The number of carbonyl (C=O) groups excluding carboxylic acids is 1. The van der Waals surface area contributed by atoms with Gasteiger partial charge in [-0.3, -0.25) is 19.3 Å². The van der Waals surface area contributed by atoms with E-state index >= 15 is 0 Å². The Morgan fingerprint density at radius 3 is 2.41 bits per heavy atom. The highest BCUT2D eigenvalue weighted by molar-refractivity contribution is 7.92. The number of hydrogen-bond acceptors (Lipinski definition) is 7. The lowest BCUT2D eigenvalue weighted by Crippen LogP contribution is -2.59. The predicted octanol–water partition coefficient (Wildman–Crippen LogP) is 3.35. The highest BCUT2D eigenvalue weighted by Gasteiger charge is 2.36. The second kappa shape index (κ2) is 11.7. The SMILES string of the molecule is CCC1CN(c2ncc(NS(C)(=O)=O)cc2Cl)CCN1C1CCN([C@@H](C(N)=O)c2ccc(Cl)cc2)CC1. The van der Waals surface area contributed by atoms with Crippen LogP contribution in [0.15, 0.2) is 36.5 Å². The van der Waals surface area contributed by atoms with Gasteiger partial charge in [0.25, 0.3) is 0 Å². The molecule has 0 aliphatic carbocycles. The van der Waals surface area contributed by atoms with E-state index in [9.17, 15) is 13.2 Å². The van der Waals surface area contributed by atoms with Crippen LogP contribution in [-0.2, 0) is 14.8 Å². The predicted molar refractivity (Wildman–Crippen MR) is 149 cm³/mol. The molecule has 1 aromatic heterocycles. The highest BCUT2D eigenvalue weighted by atomic mass is 35.5. The standard InChI is InChI=1S/C25H34Cl2N6O3S/c1-3-20-16-32(25-22(27)14-19(15-29-25)30-37(2,35)36)12-13-33(20)21-8-10-31(11-9-21)23(24(28)34)17-4-6-18(26)7-5-17/h4-7,14-15,20-21,23,30H,3,8-13,16H2,1-2H3,(H2,28,34)/t20?,23-/m1/s1. The molecular formula is C25H34Cl2N6O3S. The lowest BCUT2D eigenvalue weighted by molar-refractivity contribution is -0.124. The Bertz CT molecular complexity index is 1210. The lowest BCUT2D eigenvalue weighted by Gasteiger charge is -2.48. The fourth-order valence-electron chi connectivity index (χ4n) is 5.52. The number of benzene rings is 1. The van der Waals surface area contributed by atoms with Crippen LogP contribution in [0.4, 0.5) is 11.5 Å². The van der Waals surface area contributed by atoms with E-state index in [2.05, 4.69) is 31.3 Å². The molecule has 0 spiro atoms. The Hall–Kier alpha value is -2.11. The molecule has 1 aromatic carbocycles. The van der Waals surface area contributed by atoms with Gasteiger partial charge in [-0.2, -0.15) is 0 Å². The number of pyridine rings is 1. The van der Waals surface area contributed by atoms with Gasteiger partial charge in [0, 0.05) is 49.8 Å². The maximum absolute atomic E-state index is 12.3. The number of anilines is 2. The summed E-state index contributed by atoms with van der Waals surface area (Å²) < 4.78 is 25.4. The van der Waals surface area contributed by atoms with Crippen molar-refractivity contribution in [2.75, 3.05) is 48.6 Å². The van der Waals surface area contributed by atoms with Gasteiger partial charge in [-0.1, -0.05) is 42.3 Å². The molecule has 2 aliphatic rings. The molecule has 4 rings (SSSR count). The Kier molecular flexibility index (Phi) is 8.85. The van der Waals surface area contributed by atoms with Crippen LogP contribution in [0.25, 0.3) is 0 Å². The number of hydrogen-bond donors (Lipinski definition) is 2. The van der Waals surface area contributed by atoms with E-state index in [4.69, 9.17) is 28.9 Å². The third-order valence-electron chi connectivity index (χ3n) is 7.21. The molecule has 2 aliphatic heterocycles. The number of aromatic nitrogens is 1. The van der Waals surface area contributed by atoms with E-state index in [1.54, 1.807) is 18.2 Å². The molecule has 2 fully saturated rings. The number of rotatable bonds is 8. The molecule has 1 amide bonds. The minimum atomic E-state index is -3.40. The molecule has 2 atom stereocenters. The van der Waals surface area contributed by atoms with Crippen molar-refractivity contribution in [3.63, 3.8) is 0 Å². The van der Waals surface area contributed by atoms with Gasteiger partial charge in [0.2, 0.25) is 15.9 Å². The van der Waals surface area contributed by atoms with Crippen LogP contribution in [0, 0.1) is 0 Å². The summed E-state index contributed by atoms with van der Waals surface area (Å²) in [6, 6.07) is 9.24. The monoisotopic (exact) mass is 568 g/mol. The molecule has 2 saturated heterocycles. The molecular weight excluding hydrogens is 535 g/mol. The number of likely N-dealkylation sites (tertiary alicyclic amines) is 1. The third-order valence-corrected chi connectivity index (χ3v) is 8.35. The first kappa shape index (κ1) is 27.9. The normalized spacial score (nSPS) is 21.1. The number of piperazine rings is 1. The molecule has 0 saturated carbocycles. The Labute approximate surface area is 229 Å². The molecule has 1 unspecified atom stereocenters. The first-order valence-electron chi connectivity index (χ1n) is 12.5. The zero-order valence-corrected chi connectivity index (χ0v) is 23.4. The van der Waals surface area contributed by atoms with E-state index in [1.807, 2.05) is 12.1 Å². The highest BCUT2D eigenvalue weighted by Crippen LogP contribution is 2.32. The van der Waals surface area contributed by atoms with Crippen molar-refractivity contribution in [2.24, 2.45) is 5.73 Å². The molecule has 0 radical (unpaired) electrons. The molecule has 12 heteroatoms. The summed E-state index contributed by atoms with van der Waals surface area (Å²) in [5.74, 6) is 0.323. The van der Waals surface area contributed by atoms with E-state index in [0.717, 1.165) is 63.8 Å². The van der Waals surface area contributed by atoms with Crippen molar-refractivity contribution < 1.29 is 13.2 Å². The largest absolute Gasteiger partial charge is 0.368 e. The van der Waals surface area contributed by atoms with Crippen LogP contribution in [0.5, 0.6) is 0 Å². The topological polar surface area (TPSA) is 112 Å². The van der Waals surface area contributed by atoms with Crippen LogP contribution < -0.4 is 15.4 Å². The third kappa shape index (κ3) is 6.86. The van der Waals surface area contributed by atoms with Gasteiger partial charge in [-0.25, -0.2) is 13.4 Å². The molecule has 2 aromatic rings. The van der Waals surface area contributed by atoms with Crippen molar-refractivity contribution in [2.45, 2.75) is 44.3 Å². The van der Waals surface area contributed by atoms with Crippen LogP contribution in [0.3, 0.4) is 0 Å². The van der Waals surface area contributed by atoms with E-state index in [1.165, 1.54) is 6.20 Å². The zero-order chi connectivity index (χ0) is 26.7. The molecule has 202 valence electrons. The zero-order valence-electron chi connectivity index (χ0n) is 21.1. The van der Waals surface area contributed by atoms with Gasteiger partial charge < -0.3 is 10.6 Å². The van der Waals surface area contributed by atoms with Gasteiger partial charge >= 0.3 is 0 Å². The van der Waals surface area contributed by atoms with Gasteiger partial charge in [-0.15, -0.1) is 0 Å². The first-order valence-corrected chi connectivity index (χ1v) is 15.1. The fraction of sp³-hybridized carbons (Fsp3) is 0.520. The lowest BCUT2D eigenvalue weighted by atomic mass is 9.95. The maximum atomic E-state index is 12.3. The summed E-state index contributed by atoms with van der Waals surface area (Å²) in [5.41, 5.74) is 7.02. The number of sulfonamides is 1. The van der Waals surface area contributed by atoms with Gasteiger partial charge in [0.05, 0.1) is 23.2 Å². The van der Waals surface area contributed by atoms with Crippen LogP contribution in [-0.4, -0.2) is 80.2 Å². The van der Waals surface area contributed by atoms with Crippen molar-refractivity contribution >= 4 is 50.6 Å². The minimum absolute atomic E-state index is 0.334.